The maximum Gasteiger partial charge on any atom is 0.274 e. The third-order valence-corrected chi connectivity index (χ3v) is 4.58. The van der Waals surface area contributed by atoms with Crippen LogP contribution in [0.5, 0.6) is 0 Å². The zero-order chi connectivity index (χ0) is 18.6. The largest absolute Gasteiger partial charge is 0.377 e. The molecule has 1 aliphatic heterocycles. The van der Waals surface area contributed by atoms with Crippen molar-refractivity contribution in [1.82, 2.24) is 19.6 Å². The molecule has 0 spiro atoms. The van der Waals surface area contributed by atoms with Crippen molar-refractivity contribution in [2.75, 3.05) is 30.5 Å². The number of hydrogen-bond donors (Lipinski definition) is 1. The van der Waals surface area contributed by atoms with Crippen LogP contribution in [0.25, 0.3) is 11.4 Å². The summed E-state index contributed by atoms with van der Waals surface area (Å²) in [6.07, 6.45) is 3.82. The summed E-state index contributed by atoms with van der Waals surface area (Å²) in [5, 5.41) is 0. The summed E-state index contributed by atoms with van der Waals surface area (Å²) < 4.78 is 6.76. The van der Waals surface area contributed by atoms with Crippen molar-refractivity contribution < 1.29 is 4.74 Å². The lowest BCUT2D eigenvalue weighted by Gasteiger charge is -2.37. The Morgan fingerprint density at radius 1 is 1.19 bits per heavy atom. The van der Waals surface area contributed by atoms with Gasteiger partial charge in [-0.25, -0.2) is 15.0 Å². The quantitative estimate of drug-likeness (QED) is 0.686. The molecule has 2 aromatic heterocycles. The van der Waals surface area contributed by atoms with Crippen LogP contribution in [0.2, 0.25) is 0 Å². The fourth-order valence-corrected chi connectivity index (χ4v) is 3.23. The minimum absolute atomic E-state index is 0.0310. The highest BCUT2D eigenvalue weighted by Crippen LogP contribution is 2.21. The normalized spacial score (nSPS) is 17.0. The Bertz CT molecular complexity index is 961. The van der Waals surface area contributed by atoms with E-state index in [1.165, 1.54) is 18.0 Å². The maximum atomic E-state index is 12.4. The first kappa shape index (κ1) is 17.2. The van der Waals surface area contributed by atoms with Crippen molar-refractivity contribution in [1.29, 1.82) is 0 Å². The van der Waals surface area contributed by atoms with Crippen LogP contribution in [-0.2, 0) is 11.2 Å². The SMILES string of the molecule is Nn1c(N2CCOC[C@H]2Cc2ccccc2)nc(-c2ccncn2)cc1=O. The summed E-state index contributed by atoms with van der Waals surface area (Å²) in [7, 11) is 0. The van der Waals surface area contributed by atoms with E-state index >= 15 is 0 Å². The maximum absolute atomic E-state index is 12.4. The van der Waals surface area contributed by atoms with Crippen molar-refractivity contribution in [3.05, 3.63) is 70.9 Å². The van der Waals surface area contributed by atoms with Gasteiger partial charge in [0.15, 0.2) is 0 Å². The molecule has 1 aromatic carbocycles. The molecule has 0 saturated carbocycles. The van der Waals surface area contributed by atoms with Crippen molar-refractivity contribution in [3.8, 4) is 11.4 Å². The van der Waals surface area contributed by atoms with Crippen molar-refractivity contribution >= 4 is 5.95 Å². The molecule has 0 bridgehead atoms. The number of nitrogen functional groups attached to an aromatic ring is 1. The van der Waals surface area contributed by atoms with Crippen molar-refractivity contribution in [2.45, 2.75) is 12.5 Å². The molecule has 27 heavy (non-hydrogen) atoms. The Kier molecular flexibility index (Phi) is 4.80. The fourth-order valence-electron chi connectivity index (χ4n) is 3.23. The minimum atomic E-state index is -0.335. The van der Waals surface area contributed by atoms with Crippen LogP contribution in [0, 0.1) is 0 Å². The van der Waals surface area contributed by atoms with Gasteiger partial charge in [-0.2, -0.15) is 4.68 Å². The molecule has 138 valence electrons. The average molecular weight is 364 g/mol. The number of nitrogens with two attached hydrogens (primary N) is 1. The molecule has 1 fully saturated rings. The van der Waals surface area contributed by atoms with Crippen LogP contribution < -0.4 is 16.3 Å². The fraction of sp³-hybridized carbons (Fsp3) is 0.263. The van der Waals surface area contributed by atoms with Gasteiger partial charge in [0.1, 0.15) is 6.33 Å². The molecule has 1 atom stereocenters. The van der Waals surface area contributed by atoms with Crippen LogP contribution >= 0.6 is 0 Å². The molecule has 8 nitrogen and oxygen atoms in total. The van der Waals surface area contributed by atoms with Crippen molar-refractivity contribution in [3.63, 3.8) is 0 Å². The number of benzene rings is 1. The second kappa shape index (κ2) is 7.55. The van der Waals surface area contributed by atoms with Gasteiger partial charge in [0, 0.05) is 18.8 Å². The summed E-state index contributed by atoms with van der Waals surface area (Å²) in [5.74, 6) is 6.46. The van der Waals surface area contributed by atoms with Gasteiger partial charge in [0.05, 0.1) is 30.6 Å². The number of hydrogen-bond acceptors (Lipinski definition) is 7. The van der Waals surface area contributed by atoms with Crippen LogP contribution in [-0.4, -0.2) is 45.4 Å². The van der Waals surface area contributed by atoms with E-state index in [1.807, 2.05) is 23.1 Å². The number of rotatable bonds is 4. The van der Waals surface area contributed by atoms with E-state index in [2.05, 4.69) is 27.1 Å². The van der Waals surface area contributed by atoms with Gasteiger partial charge < -0.3 is 15.5 Å². The van der Waals surface area contributed by atoms with Crippen LogP contribution in [0.4, 0.5) is 5.95 Å². The zero-order valence-corrected chi connectivity index (χ0v) is 14.7. The summed E-state index contributed by atoms with van der Waals surface area (Å²) in [4.78, 5) is 27.2. The predicted octanol–water partition coefficient (Wildman–Crippen LogP) is 0.862. The molecule has 2 N–H and O–H groups in total. The Morgan fingerprint density at radius 2 is 2.04 bits per heavy atom. The summed E-state index contributed by atoms with van der Waals surface area (Å²) in [6.45, 7) is 1.70. The number of ether oxygens (including phenoxy) is 1. The second-order valence-electron chi connectivity index (χ2n) is 6.36. The Balaban J connectivity index is 1.71. The molecular weight excluding hydrogens is 344 g/mol. The molecule has 3 heterocycles. The lowest BCUT2D eigenvalue weighted by atomic mass is 10.0. The highest BCUT2D eigenvalue weighted by atomic mass is 16.5. The molecule has 8 heteroatoms. The molecule has 1 aliphatic rings. The Labute approximate surface area is 156 Å². The number of aromatic nitrogens is 4. The lowest BCUT2D eigenvalue weighted by molar-refractivity contribution is 0.0928. The van der Waals surface area contributed by atoms with E-state index in [9.17, 15) is 4.79 Å². The first-order valence-electron chi connectivity index (χ1n) is 8.76. The van der Waals surface area contributed by atoms with E-state index in [0.29, 0.717) is 37.1 Å². The molecule has 0 radical (unpaired) electrons. The second-order valence-corrected chi connectivity index (χ2v) is 6.36. The predicted molar refractivity (Wildman–Crippen MR) is 102 cm³/mol. The summed E-state index contributed by atoms with van der Waals surface area (Å²) in [6, 6.07) is 13.3. The highest BCUT2D eigenvalue weighted by Gasteiger charge is 2.27. The smallest absolute Gasteiger partial charge is 0.274 e. The van der Waals surface area contributed by atoms with Crippen LogP contribution in [0.3, 0.4) is 0 Å². The first-order valence-corrected chi connectivity index (χ1v) is 8.76. The monoisotopic (exact) mass is 364 g/mol. The van der Waals surface area contributed by atoms with Crippen LogP contribution in [0.15, 0.2) is 59.8 Å². The third-order valence-electron chi connectivity index (χ3n) is 4.58. The Hall–Kier alpha value is -3.26. The van der Waals surface area contributed by atoms with E-state index in [4.69, 9.17) is 10.6 Å². The van der Waals surface area contributed by atoms with Gasteiger partial charge in [0.2, 0.25) is 5.95 Å². The van der Waals surface area contributed by atoms with E-state index in [-0.39, 0.29) is 11.6 Å². The molecule has 1 saturated heterocycles. The molecule has 4 rings (SSSR count). The Morgan fingerprint density at radius 3 is 2.81 bits per heavy atom. The number of nitrogens with zero attached hydrogens (tertiary/aromatic N) is 5. The third kappa shape index (κ3) is 3.65. The van der Waals surface area contributed by atoms with Gasteiger partial charge in [-0.1, -0.05) is 30.3 Å². The zero-order valence-electron chi connectivity index (χ0n) is 14.7. The first-order chi connectivity index (χ1) is 13.2. The topological polar surface area (TPSA) is 99.2 Å². The van der Waals surface area contributed by atoms with E-state index in [1.54, 1.807) is 12.3 Å². The van der Waals surface area contributed by atoms with Gasteiger partial charge in [-0.05, 0) is 18.1 Å². The van der Waals surface area contributed by atoms with Gasteiger partial charge in [-0.3, -0.25) is 4.79 Å². The summed E-state index contributed by atoms with van der Waals surface area (Å²) in [5.41, 5.74) is 1.91. The van der Waals surface area contributed by atoms with Gasteiger partial charge in [0.25, 0.3) is 5.56 Å². The highest BCUT2D eigenvalue weighted by molar-refractivity contribution is 5.55. The molecule has 0 aliphatic carbocycles. The van der Waals surface area contributed by atoms with E-state index in [0.717, 1.165) is 11.1 Å². The molecule has 0 amide bonds. The standard InChI is InChI=1S/C19H20N6O2/c20-25-18(26)11-17(16-6-7-21-13-22-16)23-19(25)24-8-9-27-12-15(24)10-14-4-2-1-3-5-14/h1-7,11,13,15H,8-10,12,20H2/t15-/m1/s1. The van der Waals surface area contributed by atoms with Crippen LogP contribution in [0.1, 0.15) is 5.56 Å². The molecule has 3 aromatic rings. The molecular formula is C19H20N6O2. The number of morpholine rings is 1. The minimum Gasteiger partial charge on any atom is -0.377 e. The van der Waals surface area contributed by atoms with E-state index < -0.39 is 0 Å². The van der Waals surface area contributed by atoms with Crippen molar-refractivity contribution in [2.24, 2.45) is 0 Å². The molecule has 0 unspecified atom stereocenters. The van der Waals surface area contributed by atoms with Gasteiger partial charge in [-0.15, -0.1) is 0 Å². The van der Waals surface area contributed by atoms with Gasteiger partial charge >= 0.3 is 0 Å². The average Bonchev–Trinajstić information content (AvgIpc) is 2.72. The number of anilines is 1. The lowest BCUT2D eigenvalue weighted by Crippen LogP contribution is -2.50. The summed E-state index contributed by atoms with van der Waals surface area (Å²) >= 11 is 0.